The van der Waals surface area contributed by atoms with E-state index in [1.807, 2.05) is 0 Å². The molecule has 2 atom stereocenters. The van der Waals surface area contributed by atoms with Crippen molar-refractivity contribution in [1.82, 2.24) is 15.6 Å². The molecule has 0 saturated carbocycles. The van der Waals surface area contributed by atoms with Gasteiger partial charge in [-0.15, -0.1) is 0 Å². The van der Waals surface area contributed by atoms with Gasteiger partial charge in [-0.05, 0) is 18.6 Å². The molecule has 6 nitrogen and oxygen atoms in total. The van der Waals surface area contributed by atoms with Gasteiger partial charge in [0.2, 0.25) is 0 Å². The maximum atomic E-state index is 11.8. The first-order valence-electron chi connectivity index (χ1n) is 5.74. The van der Waals surface area contributed by atoms with Gasteiger partial charge < -0.3 is 15.4 Å². The van der Waals surface area contributed by atoms with Crippen LogP contribution >= 0.6 is 0 Å². The highest BCUT2D eigenvalue weighted by molar-refractivity contribution is 5.92. The SMILES string of the molecule is COC(=O)[C@@H]1C[C@H](NC(=O)c2ccccn2)CN1. The Kier molecular flexibility index (Phi) is 3.88. The van der Waals surface area contributed by atoms with E-state index in [1.165, 1.54) is 7.11 Å². The zero-order valence-corrected chi connectivity index (χ0v) is 10.1. The molecule has 1 aromatic heterocycles. The zero-order chi connectivity index (χ0) is 13.0. The van der Waals surface area contributed by atoms with Crippen molar-refractivity contribution in [2.45, 2.75) is 18.5 Å². The van der Waals surface area contributed by atoms with E-state index >= 15 is 0 Å². The molecule has 6 heteroatoms. The van der Waals surface area contributed by atoms with Gasteiger partial charge in [0, 0.05) is 18.8 Å². The maximum absolute atomic E-state index is 11.8. The number of rotatable bonds is 3. The second kappa shape index (κ2) is 5.59. The molecule has 1 amide bonds. The number of pyridine rings is 1. The van der Waals surface area contributed by atoms with Gasteiger partial charge in [0.25, 0.3) is 5.91 Å². The van der Waals surface area contributed by atoms with E-state index < -0.39 is 0 Å². The van der Waals surface area contributed by atoms with Gasteiger partial charge >= 0.3 is 5.97 Å². The number of methoxy groups -OCH3 is 1. The van der Waals surface area contributed by atoms with Crippen molar-refractivity contribution < 1.29 is 14.3 Å². The third kappa shape index (κ3) is 2.84. The molecular weight excluding hydrogens is 234 g/mol. The predicted molar refractivity (Wildman–Crippen MR) is 63.9 cm³/mol. The Morgan fingerprint density at radius 3 is 3.00 bits per heavy atom. The zero-order valence-electron chi connectivity index (χ0n) is 10.1. The normalized spacial score (nSPS) is 22.5. The Morgan fingerprint density at radius 2 is 2.33 bits per heavy atom. The summed E-state index contributed by atoms with van der Waals surface area (Å²) in [7, 11) is 1.35. The Morgan fingerprint density at radius 1 is 1.50 bits per heavy atom. The largest absolute Gasteiger partial charge is 0.468 e. The van der Waals surface area contributed by atoms with Crippen LogP contribution in [0.15, 0.2) is 24.4 Å². The van der Waals surface area contributed by atoms with Crippen molar-refractivity contribution in [3.63, 3.8) is 0 Å². The van der Waals surface area contributed by atoms with Gasteiger partial charge in [0.05, 0.1) is 7.11 Å². The number of nitrogens with zero attached hydrogens (tertiary/aromatic N) is 1. The number of esters is 1. The minimum Gasteiger partial charge on any atom is -0.468 e. The van der Waals surface area contributed by atoms with Gasteiger partial charge in [-0.25, -0.2) is 0 Å². The molecule has 2 heterocycles. The molecule has 0 unspecified atom stereocenters. The molecule has 1 aromatic rings. The first-order valence-corrected chi connectivity index (χ1v) is 5.74. The minimum absolute atomic E-state index is 0.0800. The van der Waals surface area contributed by atoms with Crippen molar-refractivity contribution >= 4 is 11.9 Å². The van der Waals surface area contributed by atoms with E-state index in [-0.39, 0.29) is 24.0 Å². The molecule has 2 rings (SSSR count). The second-order valence-corrected chi connectivity index (χ2v) is 4.11. The smallest absolute Gasteiger partial charge is 0.322 e. The number of amides is 1. The van der Waals surface area contributed by atoms with Crippen LogP contribution in [0.2, 0.25) is 0 Å². The predicted octanol–water partition coefficient (Wildman–Crippen LogP) is -0.285. The summed E-state index contributed by atoms with van der Waals surface area (Å²) in [6.07, 6.45) is 2.10. The van der Waals surface area contributed by atoms with E-state index in [2.05, 4.69) is 20.4 Å². The summed E-state index contributed by atoms with van der Waals surface area (Å²) < 4.78 is 4.65. The van der Waals surface area contributed by atoms with Crippen LogP contribution in [0.25, 0.3) is 0 Å². The fourth-order valence-corrected chi connectivity index (χ4v) is 1.92. The number of ether oxygens (including phenoxy) is 1. The number of hydrogen-bond acceptors (Lipinski definition) is 5. The highest BCUT2D eigenvalue weighted by atomic mass is 16.5. The molecular formula is C12H15N3O3. The number of aromatic nitrogens is 1. The van der Waals surface area contributed by atoms with Crippen LogP contribution in [0.5, 0.6) is 0 Å². The molecule has 0 bridgehead atoms. The molecule has 0 radical (unpaired) electrons. The topological polar surface area (TPSA) is 80.3 Å². The van der Waals surface area contributed by atoms with Crippen molar-refractivity contribution in [1.29, 1.82) is 0 Å². The fraction of sp³-hybridized carbons (Fsp3) is 0.417. The summed E-state index contributed by atoms with van der Waals surface area (Å²) in [5.74, 6) is -0.530. The number of hydrogen-bond donors (Lipinski definition) is 2. The Bertz CT molecular complexity index is 435. The minimum atomic E-state index is -0.343. The molecule has 0 aliphatic carbocycles. The molecule has 1 aliphatic heterocycles. The first kappa shape index (κ1) is 12.5. The van der Waals surface area contributed by atoms with Crippen LogP contribution in [-0.2, 0) is 9.53 Å². The summed E-state index contributed by atoms with van der Waals surface area (Å²) in [6, 6.07) is 4.73. The molecule has 96 valence electrons. The summed E-state index contributed by atoms with van der Waals surface area (Å²) in [6.45, 7) is 0.554. The lowest BCUT2D eigenvalue weighted by Crippen LogP contribution is -2.36. The standard InChI is InChI=1S/C12H15N3O3/c1-18-12(17)10-6-8(7-14-10)15-11(16)9-4-2-3-5-13-9/h2-5,8,10,14H,6-7H2,1H3,(H,15,16)/t8-,10-/m0/s1. The Hall–Kier alpha value is -1.95. The average Bonchev–Trinajstić information content (AvgIpc) is 2.87. The number of carbonyl (C=O) groups excluding carboxylic acids is 2. The molecule has 18 heavy (non-hydrogen) atoms. The second-order valence-electron chi connectivity index (χ2n) is 4.11. The van der Waals surface area contributed by atoms with Crippen molar-refractivity contribution in [2.24, 2.45) is 0 Å². The molecule has 1 aliphatic rings. The van der Waals surface area contributed by atoms with Gasteiger partial charge in [-0.1, -0.05) is 6.07 Å². The number of nitrogens with one attached hydrogen (secondary N) is 2. The van der Waals surface area contributed by atoms with Gasteiger partial charge in [0.15, 0.2) is 0 Å². The lowest BCUT2D eigenvalue weighted by Gasteiger charge is -2.11. The number of carbonyl (C=O) groups is 2. The van der Waals surface area contributed by atoms with Crippen LogP contribution in [-0.4, -0.2) is 42.6 Å². The monoisotopic (exact) mass is 249 g/mol. The van der Waals surface area contributed by atoms with Gasteiger partial charge in [-0.3, -0.25) is 14.6 Å². The van der Waals surface area contributed by atoms with Crippen molar-refractivity contribution in [3.8, 4) is 0 Å². The molecule has 0 spiro atoms. The maximum Gasteiger partial charge on any atom is 0.322 e. The van der Waals surface area contributed by atoms with E-state index in [4.69, 9.17) is 0 Å². The molecule has 1 fully saturated rings. The third-order valence-corrected chi connectivity index (χ3v) is 2.85. The lowest BCUT2D eigenvalue weighted by molar-refractivity contribution is -0.142. The third-order valence-electron chi connectivity index (χ3n) is 2.85. The van der Waals surface area contributed by atoms with Crippen LogP contribution in [0.4, 0.5) is 0 Å². The summed E-state index contributed by atoms with van der Waals surface area (Å²) in [4.78, 5) is 27.1. The van der Waals surface area contributed by atoms with Gasteiger partial charge in [-0.2, -0.15) is 0 Å². The average molecular weight is 249 g/mol. The highest BCUT2D eigenvalue weighted by Crippen LogP contribution is 2.08. The summed E-state index contributed by atoms with van der Waals surface area (Å²) in [5.41, 5.74) is 0.374. The quantitative estimate of drug-likeness (QED) is 0.720. The van der Waals surface area contributed by atoms with E-state index in [0.717, 1.165) is 0 Å². The van der Waals surface area contributed by atoms with E-state index in [1.54, 1.807) is 24.4 Å². The molecule has 0 aromatic carbocycles. The lowest BCUT2D eigenvalue weighted by atomic mass is 10.1. The van der Waals surface area contributed by atoms with E-state index in [9.17, 15) is 9.59 Å². The van der Waals surface area contributed by atoms with E-state index in [0.29, 0.717) is 18.7 Å². The van der Waals surface area contributed by atoms with Crippen LogP contribution in [0.1, 0.15) is 16.9 Å². The van der Waals surface area contributed by atoms with Gasteiger partial charge in [0.1, 0.15) is 11.7 Å². The summed E-state index contributed by atoms with van der Waals surface area (Å²) in [5, 5.41) is 5.84. The Balaban J connectivity index is 1.89. The van der Waals surface area contributed by atoms with Crippen LogP contribution in [0.3, 0.4) is 0 Å². The fourth-order valence-electron chi connectivity index (χ4n) is 1.92. The molecule has 2 N–H and O–H groups in total. The Labute approximate surface area is 105 Å². The molecule has 1 saturated heterocycles. The van der Waals surface area contributed by atoms with Crippen LogP contribution < -0.4 is 10.6 Å². The summed E-state index contributed by atoms with van der Waals surface area (Å²) >= 11 is 0. The van der Waals surface area contributed by atoms with Crippen molar-refractivity contribution in [3.05, 3.63) is 30.1 Å². The van der Waals surface area contributed by atoms with Crippen molar-refractivity contribution in [2.75, 3.05) is 13.7 Å². The van der Waals surface area contributed by atoms with Crippen LogP contribution in [0, 0.1) is 0 Å². The first-order chi connectivity index (χ1) is 8.70. The highest BCUT2D eigenvalue weighted by Gasteiger charge is 2.31.